The van der Waals surface area contributed by atoms with Crippen molar-refractivity contribution in [3.05, 3.63) is 93.7 Å². The van der Waals surface area contributed by atoms with Gasteiger partial charge in [-0.3, -0.25) is 0 Å². The van der Waals surface area contributed by atoms with Gasteiger partial charge in [0.25, 0.3) is 0 Å². The molecule has 0 unspecified atom stereocenters. The molecule has 0 saturated heterocycles. The fourth-order valence-electron chi connectivity index (χ4n) is 4.76. The number of benzene rings is 2. The zero-order valence-corrected chi connectivity index (χ0v) is 14.8. The largest absolute Gasteiger partial charge is 0.398 e. The third-order valence-electron chi connectivity index (χ3n) is 5.98. The van der Waals surface area contributed by atoms with Crippen LogP contribution in [0.3, 0.4) is 0 Å². The molecule has 2 aliphatic carbocycles. The Morgan fingerprint density at radius 1 is 0.792 bits per heavy atom. The summed E-state index contributed by atoms with van der Waals surface area (Å²) in [6.45, 7) is 8.69. The van der Waals surface area contributed by atoms with Crippen molar-refractivity contribution in [1.29, 1.82) is 0 Å². The number of rotatable bonds is 0. The highest BCUT2D eigenvalue weighted by molar-refractivity contribution is 5.88. The molecule has 24 heavy (non-hydrogen) atoms. The lowest BCUT2D eigenvalue weighted by atomic mass is 9.61. The molecule has 0 amide bonds. The maximum absolute atomic E-state index is 6.45. The molecule has 0 atom stereocenters. The molecule has 4 rings (SSSR count). The van der Waals surface area contributed by atoms with Gasteiger partial charge in [-0.25, -0.2) is 0 Å². The monoisotopic (exact) mass is 313 g/mol. The van der Waals surface area contributed by atoms with E-state index in [-0.39, 0.29) is 5.41 Å². The van der Waals surface area contributed by atoms with Gasteiger partial charge in [-0.2, -0.15) is 0 Å². The van der Waals surface area contributed by atoms with Crippen LogP contribution in [0.5, 0.6) is 0 Å². The van der Waals surface area contributed by atoms with Crippen LogP contribution in [0.15, 0.2) is 82.6 Å². The molecule has 1 nitrogen and oxygen atoms in total. The molecule has 120 valence electrons. The number of hydrogen-bond donors (Lipinski definition) is 1. The molecule has 0 bridgehead atoms. The Kier molecular flexibility index (Phi) is 3.11. The fraction of sp³-hybridized carbons (Fsp3) is 0.217. The predicted octanol–water partition coefficient (Wildman–Crippen LogP) is 5.48. The molecule has 0 fully saturated rings. The molecule has 1 heteroatoms. The summed E-state index contributed by atoms with van der Waals surface area (Å²) in [6, 6.07) is 17.6. The van der Waals surface area contributed by atoms with Gasteiger partial charge in [-0.1, -0.05) is 54.6 Å². The summed E-state index contributed by atoms with van der Waals surface area (Å²) in [5.41, 5.74) is 17.7. The number of fused-ring (bicyclic) bond motifs is 5. The number of hydrogen-bond acceptors (Lipinski definition) is 1. The molecular formula is C23H23N. The Hall–Kier alpha value is -2.54. The molecule has 0 aromatic heterocycles. The molecule has 0 heterocycles. The van der Waals surface area contributed by atoms with Crippen molar-refractivity contribution < 1.29 is 0 Å². The molecule has 0 aliphatic heterocycles. The lowest BCUT2D eigenvalue weighted by Gasteiger charge is -2.41. The van der Waals surface area contributed by atoms with Crippen LogP contribution in [0.2, 0.25) is 0 Å². The fourth-order valence-corrected chi connectivity index (χ4v) is 4.76. The van der Waals surface area contributed by atoms with Gasteiger partial charge in [-0.05, 0) is 72.2 Å². The van der Waals surface area contributed by atoms with Crippen LogP contribution in [0.4, 0.5) is 0 Å². The highest BCUT2D eigenvalue weighted by Crippen LogP contribution is 2.60. The van der Waals surface area contributed by atoms with E-state index in [1.165, 1.54) is 44.5 Å². The third kappa shape index (κ3) is 1.55. The quantitative estimate of drug-likeness (QED) is 0.684. The second kappa shape index (κ2) is 4.98. The average molecular weight is 313 g/mol. The summed E-state index contributed by atoms with van der Waals surface area (Å²) < 4.78 is 0. The minimum Gasteiger partial charge on any atom is -0.398 e. The second-order valence-electron chi connectivity index (χ2n) is 6.83. The molecule has 1 spiro atoms. The highest BCUT2D eigenvalue weighted by atomic mass is 14.6. The third-order valence-corrected chi connectivity index (χ3v) is 5.98. The zero-order chi connectivity index (χ0) is 17.1. The van der Waals surface area contributed by atoms with Gasteiger partial charge in [0.05, 0.1) is 5.41 Å². The molecule has 0 radical (unpaired) electrons. The minimum absolute atomic E-state index is 0.209. The van der Waals surface area contributed by atoms with Crippen molar-refractivity contribution in [3.8, 4) is 11.1 Å². The van der Waals surface area contributed by atoms with Crippen molar-refractivity contribution in [2.24, 2.45) is 5.73 Å². The molecule has 2 aromatic carbocycles. The molecule has 0 saturated carbocycles. The molecule has 2 aromatic rings. The van der Waals surface area contributed by atoms with Gasteiger partial charge >= 0.3 is 0 Å². The van der Waals surface area contributed by atoms with E-state index in [0.29, 0.717) is 0 Å². The Bertz CT molecular complexity index is 904. The van der Waals surface area contributed by atoms with Crippen molar-refractivity contribution in [3.63, 3.8) is 0 Å². The standard InChI is InChI=1S/C23H23N/c1-5-19-15(3)22(24)14(2)16(4)23(19)20-12-8-6-10-17(20)18-11-7-9-13-21(18)23/h5-13H,24H2,1-4H3/b19-5+. The van der Waals surface area contributed by atoms with Crippen LogP contribution >= 0.6 is 0 Å². The normalized spacial score (nSPS) is 19.9. The minimum atomic E-state index is -0.209. The van der Waals surface area contributed by atoms with E-state index >= 15 is 0 Å². The van der Waals surface area contributed by atoms with Gasteiger partial charge in [0.2, 0.25) is 0 Å². The van der Waals surface area contributed by atoms with E-state index in [4.69, 9.17) is 5.73 Å². The van der Waals surface area contributed by atoms with Crippen LogP contribution in [0.1, 0.15) is 38.8 Å². The summed E-state index contributed by atoms with van der Waals surface area (Å²) >= 11 is 0. The summed E-state index contributed by atoms with van der Waals surface area (Å²) in [4.78, 5) is 0. The summed E-state index contributed by atoms with van der Waals surface area (Å²) in [6.07, 6.45) is 2.25. The van der Waals surface area contributed by atoms with Crippen LogP contribution in [0, 0.1) is 0 Å². The smallest absolute Gasteiger partial charge is 0.0677 e. The first-order chi connectivity index (χ1) is 11.5. The Balaban J connectivity index is 2.22. The van der Waals surface area contributed by atoms with Crippen molar-refractivity contribution in [2.75, 3.05) is 0 Å². The van der Waals surface area contributed by atoms with Gasteiger partial charge in [0.1, 0.15) is 0 Å². The van der Waals surface area contributed by atoms with E-state index in [1.807, 2.05) is 0 Å². The number of nitrogens with two attached hydrogens (primary N) is 1. The first kappa shape index (κ1) is 15.0. The Labute approximate surface area is 144 Å². The highest BCUT2D eigenvalue weighted by Gasteiger charge is 2.49. The lowest BCUT2D eigenvalue weighted by Crippen LogP contribution is -2.35. The Morgan fingerprint density at radius 3 is 1.79 bits per heavy atom. The van der Waals surface area contributed by atoms with Crippen LogP contribution in [-0.2, 0) is 5.41 Å². The topological polar surface area (TPSA) is 26.0 Å². The SMILES string of the molecule is C/C=C1\C(C)=C(N)C(C)=C(C)C12c1ccccc1-c1ccccc12. The summed E-state index contributed by atoms with van der Waals surface area (Å²) in [5.74, 6) is 0. The first-order valence-corrected chi connectivity index (χ1v) is 8.56. The van der Waals surface area contributed by atoms with Gasteiger partial charge in [-0.15, -0.1) is 0 Å². The van der Waals surface area contributed by atoms with E-state index in [9.17, 15) is 0 Å². The van der Waals surface area contributed by atoms with E-state index in [1.54, 1.807) is 0 Å². The maximum Gasteiger partial charge on any atom is 0.0677 e. The van der Waals surface area contributed by atoms with E-state index < -0.39 is 0 Å². The number of allylic oxidation sites excluding steroid dienone is 5. The van der Waals surface area contributed by atoms with Gasteiger partial charge in [0, 0.05) is 5.70 Å². The molecule has 2 N–H and O–H groups in total. The van der Waals surface area contributed by atoms with Gasteiger partial charge < -0.3 is 5.73 Å². The van der Waals surface area contributed by atoms with Crippen LogP contribution < -0.4 is 5.73 Å². The van der Waals surface area contributed by atoms with Crippen molar-refractivity contribution in [1.82, 2.24) is 0 Å². The lowest BCUT2D eigenvalue weighted by molar-refractivity contribution is 0.704. The summed E-state index contributed by atoms with van der Waals surface area (Å²) in [7, 11) is 0. The molecule has 2 aliphatic rings. The Morgan fingerprint density at radius 2 is 1.29 bits per heavy atom. The first-order valence-electron chi connectivity index (χ1n) is 8.56. The van der Waals surface area contributed by atoms with Crippen LogP contribution in [0.25, 0.3) is 11.1 Å². The summed E-state index contributed by atoms with van der Waals surface area (Å²) in [5, 5.41) is 0. The van der Waals surface area contributed by atoms with E-state index in [0.717, 1.165) is 5.70 Å². The van der Waals surface area contributed by atoms with Gasteiger partial charge in [0.15, 0.2) is 0 Å². The second-order valence-corrected chi connectivity index (χ2v) is 6.83. The zero-order valence-electron chi connectivity index (χ0n) is 14.8. The van der Waals surface area contributed by atoms with Crippen LogP contribution in [-0.4, -0.2) is 0 Å². The van der Waals surface area contributed by atoms with E-state index in [2.05, 4.69) is 82.3 Å². The maximum atomic E-state index is 6.45. The predicted molar refractivity (Wildman–Crippen MR) is 102 cm³/mol. The van der Waals surface area contributed by atoms with Crippen molar-refractivity contribution in [2.45, 2.75) is 33.1 Å². The molecular weight excluding hydrogens is 290 g/mol. The van der Waals surface area contributed by atoms with Crippen molar-refractivity contribution >= 4 is 0 Å². The average Bonchev–Trinajstić information content (AvgIpc) is 2.91.